The summed E-state index contributed by atoms with van der Waals surface area (Å²) in [6.07, 6.45) is 1.64. The molecule has 0 bridgehead atoms. The van der Waals surface area contributed by atoms with E-state index in [0.717, 1.165) is 0 Å². The van der Waals surface area contributed by atoms with Crippen molar-refractivity contribution in [1.82, 2.24) is 4.98 Å². The van der Waals surface area contributed by atoms with Crippen LogP contribution in [-0.2, 0) is 6.54 Å². The highest BCUT2D eigenvalue weighted by atomic mass is 15.0. The zero-order valence-corrected chi connectivity index (χ0v) is 8.85. The van der Waals surface area contributed by atoms with Crippen LogP contribution in [0.3, 0.4) is 0 Å². The van der Waals surface area contributed by atoms with E-state index in [2.05, 4.69) is 10.3 Å². The highest BCUT2D eigenvalue weighted by molar-refractivity contribution is 5.75. The Morgan fingerprint density at radius 2 is 1.81 bits per heavy atom. The van der Waals surface area contributed by atoms with Gasteiger partial charge in [-0.1, -0.05) is 30.3 Å². The lowest BCUT2D eigenvalue weighted by Crippen LogP contribution is -2.06. The van der Waals surface area contributed by atoms with E-state index in [-0.39, 0.29) is 0 Å². The first-order chi connectivity index (χ1) is 7.77. The van der Waals surface area contributed by atoms with Crippen LogP contribution in [0.5, 0.6) is 0 Å². The quantitative estimate of drug-likeness (QED) is 0.728. The van der Waals surface area contributed by atoms with Crippen molar-refractivity contribution >= 4 is 17.2 Å². The normalized spacial score (nSPS) is 10.0. The SMILES string of the molecule is Nc1ccnc(NCc2ccccc2)c1N. The number of nitrogens with one attached hydrogen (secondary N) is 1. The van der Waals surface area contributed by atoms with E-state index in [4.69, 9.17) is 11.5 Å². The van der Waals surface area contributed by atoms with Crippen molar-refractivity contribution in [3.8, 4) is 0 Å². The highest BCUT2D eigenvalue weighted by Gasteiger charge is 2.02. The summed E-state index contributed by atoms with van der Waals surface area (Å²) >= 11 is 0. The molecule has 0 fully saturated rings. The third-order valence-electron chi connectivity index (χ3n) is 2.33. The number of anilines is 3. The van der Waals surface area contributed by atoms with Crippen LogP contribution < -0.4 is 16.8 Å². The lowest BCUT2D eigenvalue weighted by Gasteiger charge is -2.09. The van der Waals surface area contributed by atoms with E-state index in [9.17, 15) is 0 Å². The lowest BCUT2D eigenvalue weighted by atomic mass is 10.2. The minimum Gasteiger partial charge on any atom is -0.397 e. The average Bonchev–Trinajstić information content (AvgIpc) is 2.32. The second-order valence-electron chi connectivity index (χ2n) is 3.50. The number of pyridine rings is 1. The monoisotopic (exact) mass is 214 g/mol. The van der Waals surface area contributed by atoms with Crippen LogP contribution in [0.15, 0.2) is 42.6 Å². The topological polar surface area (TPSA) is 77.0 Å². The largest absolute Gasteiger partial charge is 0.397 e. The van der Waals surface area contributed by atoms with Crippen molar-refractivity contribution in [1.29, 1.82) is 0 Å². The van der Waals surface area contributed by atoms with Gasteiger partial charge in [0.15, 0.2) is 5.82 Å². The van der Waals surface area contributed by atoms with Crippen molar-refractivity contribution < 1.29 is 0 Å². The van der Waals surface area contributed by atoms with Gasteiger partial charge in [-0.3, -0.25) is 0 Å². The maximum Gasteiger partial charge on any atom is 0.151 e. The van der Waals surface area contributed by atoms with E-state index in [1.54, 1.807) is 12.3 Å². The number of hydrogen-bond donors (Lipinski definition) is 3. The van der Waals surface area contributed by atoms with Crippen molar-refractivity contribution in [2.75, 3.05) is 16.8 Å². The first-order valence-corrected chi connectivity index (χ1v) is 5.05. The third-order valence-corrected chi connectivity index (χ3v) is 2.33. The predicted octanol–water partition coefficient (Wildman–Crippen LogP) is 1.86. The minimum absolute atomic E-state index is 0.499. The summed E-state index contributed by atoms with van der Waals surface area (Å²) in [7, 11) is 0. The molecule has 1 aromatic carbocycles. The number of nitrogen functional groups attached to an aromatic ring is 2. The van der Waals surface area contributed by atoms with Gasteiger partial charge in [0.25, 0.3) is 0 Å². The summed E-state index contributed by atoms with van der Waals surface area (Å²) in [5.41, 5.74) is 13.7. The molecule has 5 N–H and O–H groups in total. The van der Waals surface area contributed by atoms with E-state index < -0.39 is 0 Å². The Balaban J connectivity index is 2.08. The Kier molecular flexibility index (Phi) is 2.91. The Hall–Kier alpha value is -2.23. The molecule has 0 aliphatic heterocycles. The molecule has 0 aliphatic carbocycles. The van der Waals surface area contributed by atoms with Crippen molar-refractivity contribution in [3.63, 3.8) is 0 Å². The Morgan fingerprint density at radius 1 is 1.06 bits per heavy atom. The first-order valence-electron chi connectivity index (χ1n) is 5.05. The number of hydrogen-bond acceptors (Lipinski definition) is 4. The maximum absolute atomic E-state index is 5.80. The second kappa shape index (κ2) is 4.53. The molecule has 1 aromatic heterocycles. The molecular weight excluding hydrogens is 200 g/mol. The molecule has 2 rings (SSSR count). The number of rotatable bonds is 3. The molecule has 0 saturated carbocycles. The molecule has 0 amide bonds. The van der Waals surface area contributed by atoms with Crippen LogP contribution >= 0.6 is 0 Å². The van der Waals surface area contributed by atoms with Crippen LogP contribution in [0, 0.1) is 0 Å². The van der Waals surface area contributed by atoms with Crippen molar-refractivity contribution in [2.45, 2.75) is 6.54 Å². The highest BCUT2D eigenvalue weighted by Crippen LogP contribution is 2.21. The maximum atomic E-state index is 5.80. The molecule has 0 spiro atoms. The van der Waals surface area contributed by atoms with Gasteiger partial charge in [-0.2, -0.15) is 0 Å². The van der Waals surface area contributed by atoms with Gasteiger partial charge in [0.05, 0.1) is 11.4 Å². The number of nitrogens with two attached hydrogens (primary N) is 2. The molecule has 1 heterocycles. The molecule has 4 nitrogen and oxygen atoms in total. The van der Waals surface area contributed by atoms with E-state index >= 15 is 0 Å². The van der Waals surface area contributed by atoms with Crippen LogP contribution in [0.4, 0.5) is 17.2 Å². The average molecular weight is 214 g/mol. The summed E-state index contributed by atoms with van der Waals surface area (Å²) in [6.45, 7) is 0.682. The molecule has 4 heteroatoms. The number of nitrogens with zero attached hydrogens (tertiary/aromatic N) is 1. The van der Waals surface area contributed by atoms with E-state index in [0.29, 0.717) is 23.7 Å². The predicted molar refractivity (Wildman–Crippen MR) is 66.8 cm³/mol. The molecule has 0 unspecified atom stereocenters. The van der Waals surface area contributed by atoms with Crippen molar-refractivity contribution in [3.05, 3.63) is 48.2 Å². The third kappa shape index (κ3) is 2.23. The van der Waals surface area contributed by atoms with Gasteiger partial charge in [-0.05, 0) is 11.6 Å². The zero-order chi connectivity index (χ0) is 11.4. The Labute approximate surface area is 94.3 Å². The summed E-state index contributed by atoms with van der Waals surface area (Å²) in [5, 5.41) is 3.15. The fourth-order valence-corrected chi connectivity index (χ4v) is 1.41. The van der Waals surface area contributed by atoms with Crippen LogP contribution in [0.2, 0.25) is 0 Å². The molecule has 82 valence electrons. The van der Waals surface area contributed by atoms with Gasteiger partial charge >= 0.3 is 0 Å². The van der Waals surface area contributed by atoms with Crippen molar-refractivity contribution in [2.24, 2.45) is 0 Å². The Morgan fingerprint density at radius 3 is 2.56 bits per heavy atom. The summed E-state index contributed by atoms with van der Waals surface area (Å²) in [4.78, 5) is 4.14. The van der Waals surface area contributed by atoms with Gasteiger partial charge in [-0.15, -0.1) is 0 Å². The molecule has 16 heavy (non-hydrogen) atoms. The lowest BCUT2D eigenvalue weighted by molar-refractivity contribution is 1.11. The molecule has 0 aliphatic rings. The number of benzene rings is 1. The smallest absolute Gasteiger partial charge is 0.151 e. The molecular formula is C12H14N4. The molecule has 0 radical (unpaired) electrons. The first kappa shape index (κ1) is 10.3. The van der Waals surface area contributed by atoms with Gasteiger partial charge < -0.3 is 16.8 Å². The van der Waals surface area contributed by atoms with Gasteiger partial charge in [-0.25, -0.2) is 4.98 Å². The van der Waals surface area contributed by atoms with Gasteiger partial charge in [0.2, 0.25) is 0 Å². The fraction of sp³-hybridized carbons (Fsp3) is 0.0833. The van der Waals surface area contributed by atoms with Gasteiger partial charge in [0.1, 0.15) is 0 Å². The molecule has 2 aromatic rings. The van der Waals surface area contributed by atoms with Crippen LogP contribution in [0.25, 0.3) is 0 Å². The molecule has 0 saturated heterocycles. The second-order valence-corrected chi connectivity index (χ2v) is 3.50. The van der Waals surface area contributed by atoms with Crippen LogP contribution in [0.1, 0.15) is 5.56 Å². The molecule has 0 atom stereocenters. The number of aromatic nitrogens is 1. The van der Waals surface area contributed by atoms with E-state index in [1.165, 1.54) is 5.56 Å². The fourth-order valence-electron chi connectivity index (χ4n) is 1.41. The summed E-state index contributed by atoms with van der Waals surface area (Å²) < 4.78 is 0. The van der Waals surface area contributed by atoms with Crippen LogP contribution in [-0.4, -0.2) is 4.98 Å². The summed E-state index contributed by atoms with van der Waals surface area (Å²) in [5.74, 6) is 0.629. The zero-order valence-electron chi connectivity index (χ0n) is 8.85. The Bertz CT molecular complexity index is 468. The minimum atomic E-state index is 0.499. The summed E-state index contributed by atoms with van der Waals surface area (Å²) in [6, 6.07) is 11.7. The van der Waals surface area contributed by atoms with E-state index in [1.807, 2.05) is 30.3 Å². The standard InChI is InChI=1S/C12H14N4/c13-10-6-7-15-12(11(10)14)16-8-9-4-2-1-3-5-9/h1-7H,8,14H2,(H3,13,15,16). The van der Waals surface area contributed by atoms with Gasteiger partial charge in [0, 0.05) is 12.7 Å².